The maximum atomic E-state index is 13.6. The number of hydrogen-bond acceptors (Lipinski definition) is 6. The molecule has 0 bridgehead atoms. The van der Waals surface area contributed by atoms with E-state index in [2.05, 4.69) is 32.3 Å². The predicted octanol–water partition coefficient (Wildman–Crippen LogP) is 5.10. The minimum Gasteiger partial charge on any atom is -0.444 e. The molecule has 1 saturated heterocycles. The minimum absolute atomic E-state index is 0.158. The van der Waals surface area contributed by atoms with Crippen molar-refractivity contribution in [3.05, 3.63) is 47.5 Å². The number of nitrogens with zero attached hydrogens (tertiary/aromatic N) is 6. The number of hydrogen-bond donors (Lipinski definition) is 1. The number of carbonyl (C=O) groups is 2. The Morgan fingerprint density at radius 3 is 2.65 bits per heavy atom. The van der Waals surface area contributed by atoms with Gasteiger partial charge < -0.3 is 19.4 Å². The normalized spacial score (nSPS) is 19.8. The van der Waals surface area contributed by atoms with Gasteiger partial charge in [0, 0.05) is 56.0 Å². The molecule has 3 amide bonds. The van der Waals surface area contributed by atoms with E-state index in [1.807, 2.05) is 49.4 Å². The molecule has 5 heterocycles. The maximum absolute atomic E-state index is 13.6. The molecule has 2 aliphatic heterocycles. The number of nitrogens with one attached hydrogen (secondary N) is 1. The van der Waals surface area contributed by atoms with E-state index >= 15 is 0 Å². The van der Waals surface area contributed by atoms with Crippen LogP contribution in [-0.2, 0) is 11.2 Å². The van der Waals surface area contributed by atoms with Crippen molar-refractivity contribution >= 4 is 35.0 Å². The average Bonchev–Trinajstić information content (AvgIpc) is 3.80. The van der Waals surface area contributed by atoms with Gasteiger partial charge in [0.05, 0.1) is 16.9 Å². The van der Waals surface area contributed by atoms with Gasteiger partial charge in [-0.1, -0.05) is 0 Å². The molecule has 0 radical (unpaired) electrons. The molecule has 3 fully saturated rings. The van der Waals surface area contributed by atoms with Crippen LogP contribution in [-0.4, -0.2) is 68.7 Å². The molecule has 1 spiro atoms. The van der Waals surface area contributed by atoms with Crippen LogP contribution in [0.1, 0.15) is 69.2 Å². The summed E-state index contributed by atoms with van der Waals surface area (Å²) >= 11 is 0. The number of urea groups is 1. The third kappa shape index (κ3) is 4.43. The first kappa shape index (κ1) is 25.2. The summed E-state index contributed by atoms with van der Waals surface area (Å²) in [5, 5.41) is 3.20. The summed E-state index contributed by atoms with van der Waals surface area (Å²) in [5.74, 6) is 1.20. The van der Waals surface area contributed by atoms with E-state index in [1.165, 1.54) is 0 Å². The van der Waals surface area contributed by atoms with Crippen LogP contribution < -0.4 is 15.1 Å². The molecule has 3 aromatic rings. The summed E-state index contributed by atoms with van der Waals surface area (Å²) in [5.41, 5.74) is 5.40. The smallest absolute Gasteiger partial charge is 0.410 e. The van der Waals surface area contributed by atoms with E-state index in [0.717, 1.165) is 84.9 Å². The Morgan fingerprint density at radius 2 is 1.93 bits per heavy atom. The monoisotopic (exact) mass is 543 g/mol. The molecule has 0 unspecified atom stereocenters. The van der Waals surface area contributed by atoms with Crippen LogP contribution in [0.25, 0.3) is 5.65 Å². The second kappa shape index (κ2) is 8.84. The van der Waals surface area contributed by atoms with Crippen molar-refractivity contribution in [3.8, 4) is 0 Å². The zero-order chi connectivity index (χ0) is 27.8. The number of pyridine rings is 2. The standard InChI is InChI=1S/C30H37N7O3/c1-19-16-35-17-23(22(20-5-6-20)15-25(35)32-19)33-27(38)36-12-8-21-24(7-11-31-26(21)36)34-13-14-37(30(18-34)9-10-30)28(39)40-29(2,3)4/h7,11,15-17,20H,5-6,8-10,12-14,18H2,1-4H3,(H,33,38). The molecule has 7 rings (SSSR count). The number of amides is 3. The lowest BCUT2D eigenvalue weighted by Gasteiger charge is -2.43. The maximum Gasteiger partial charge on any atom is 0.410 e. The van der Waals surface area contributed by atoms with Crippen molar-refractivity contribution in [2.45, 2.75) is 76.9 Å². The van der Waals surface area contributed by atoms with E-state index in [1.54, 1.807) is 11.1 Å². The van der Waals surface area contributed by atoms with Crippen molar-refractivity contribution in [3.63, 3.8) is 0 Å². The first-order chi connectivity index (χ1) is 19.1. The average molecular weight is 544 g/mol. The van der Waals surface area contributed by atoms with Crippen LogP contribution in [0.15, 0.2) is 30.7 Å². The summed E-state index contributed by atoms with van der Waals surface area (Å²) in [4.78, 5) is 41.9. The van der Waals surface area contributed by atoms with Crippen LogP contribution in [0.5, 0.6) is 0 Å². The summed E-state index contributed by atoms with van der Waals surface area (Å²) in [6.45, 7) is 10.4. The topological polar surface area (TPSA) is 95.3 Å². The molecule has 10 nitrogen and oxygen atoms in total. The molecule has 1 N–H and O–H groups in total. The van der Waals surface area contributed by atoms with Crippen LogP contribution in [0.2, 0.25) is 0 Å². The molecule has 210 valence electrons. The van der Waals surface area contributed by atoms with Crippen molar-refractivity contribution in [2.24, 2.45) is 0 Å². The van der Waals surface area contributed by atoms with Gasteiger partial charge in [-0.15, -0.1) is 0 Å². The number of carbonyl (C=O) groups excluding carboxylic acids is 2. The fourth-order valence-corrected chi connectivity index (χ4v) is 6.32. The van der Waals surface area contributed by atoms with Gasteiger partial charge in [-0.05, 0) is 83.4 Å². The Labute approximate surface area is 234 Å². The number of fused-ring (bicyclic) bond motifs is 2. The summed E-state index contributed by atoms with van der Waals surface area (Å²) in [6.07, 6.45) is 10.5. The van der Waals surface area contributed by atoms with E-state index in [0.29, 0.717) is 19.0 Å². The largest absolute Gasteiger partial charge is 0.444 e. The highest BCUT2D eigenvalue weighted by Gasteiger charge is 2.54. The van der Waals surface area contributed by atoms with Crippen LogP contribution >= 0.6 is 0 Å². The molecule has 4 aliphatic rings. The second-order valence-corrected chi connectivity index (χ2v) is 12.8. The van der Waals surface area contributed by atoms with Gasteiger partial charge in [0.15, 0.2) is 0 Å². The quantitative estimate of drug-likeness (QED) is 0.494. The molecule has 2 aliphatic carbocycles. The Morgan fingerprint density at radius 1 is 1.12 bits per heavy atom. The Kier molecular flexibility index (Phi) is 5.56. The van der Waals surface area contributed by atoms with Crippen LogP contribution in [0.4, 0.5) is 26.8 Å². The fourth-order valence-electron chi connectivity index (χ4n) is 6.32. The van der Waals surface area contributed by atoms with Crippen molar-refractivity contribution in [1.29, 1.82) is 0 Å². The molecule has 0 aromatic carbocycles. The zero-order valence-electron chi connectivity index (χ0n) is 23.7. The molecule has 3 aromatic heterocycles. The fraction of sp³-hybridized carbons (Fsp3) is 0.533. The number of imidazole rings is 1. The number of piperazine rings is 1. The molecule has 2 saturated carbocycles. The van der Waals surface area contributed by atoms with Crippen molar-refractivity contribution < 1.29 is 14.3 Å². The van der Waals surface area contributed by atoms with Crippen LogP contribution in [0, 0.1) is 6.92 Å². The summed E-state index contributed by atoms with van der Waals surface area (Å²) in [6, 6.07) is 4.01. The molecule has 10 heteroatoms. The molecular formula is C30H37N7O3. The van der Waals surface area contributed by atoms with Gasteiger partial charge in [0.25, 0.3) is 0 Å². The van der Waals surface area contributed by atoms with Gasteiger partial charge >= 0.3 is 12.1 Å². The minimum atomic E-state index is -0.511. The highest BCUT2D eigenvalue weighted by atomic mass is 16.6. The van der Waals surface area contributed by atoms with Gasteiger partial charge in [-0.3, -0.25) is 9.80 Å². The van der Waals surface area contributed by atoms with Crippen molar-refractivity contribution in [1.82, 2.24) is 19.3 Å². The lowest BCUT2D eigenvalue weighted by atomic mass is 10.1. The highest BCUT2D eigenvalue weighted by Crippen LogP contribution is 2.47. The SMILES string of the molecule is Cc1cn2cc(NC(=O)N3CCc4c(N5CCN(C(=O)OC(C)(C)C)C6(CC6)C5)ccnc43)c(C3CC3)cc2n1. The Bertz CT molecular complexity index is 1520. The number of ether oxygens (including phenoxy) is 1. The first-order valence-electron chi connectivity index (χ1n) is 14.4. The third-order valence-electron chi connectivity index (χ3n) is 8.53. The lowest BCUT2D eigenvalue weighted by Crippen LogP contribution is -2.58. The number of anilines is 3. The van der Waals surface area contributed by atoms with E-state index in [-0.39, 0.29) is 17.7 Å². The first-order valence-corrected chi connectivity index (χ1v) is 14.4. The number of aryl methyl sites for hydroxylation is 1. The van der Waals surface area contributed by atoms with Crippen molar-refractivity contribution in [2.75, 3.05) is 41.3 Å². The number of aromatic nitrogens is 3. The second-order valence-electron chi connectivity index (χ2n) is 12.8. The Hall–Kier alpha value is -3.82. The lowest BCUT2D eigenvalue weighted by molar-refractivity contribution is 0.0106. The van der Waals surface area contributed by atoms with E-state index in [4.69, 9.17) is 4.74 Å². The third-order valence-corrected chi connectivity index (χ3v) is 8.53. The van der Waals surface area contributed by atoms with E-state index in [9.17, 15) is 9.59 Å². The summed E-state index contributed by atoms with van der Waals surface area (Å²) < 4.78 is 7.69. The van der Waals surface area contributed by atoms with Gasteiger partial charge in [-0.25, -0.2) is 19.6 Å². The Balaban J connectivity index is 1.11. The summed E-state index contributed by atoms with van der Waals surface area (Å²) in [7, 11) is 0. The van der Waals surface area contributed by atoms with Gasteiger partial charge in [-0.2, -0.15) is 0 Å². The van der Waals surface area contributed by atoms with Gasteiger partial charge in [0.1, 0.15) is 17.1 Å². The zero-order valence-corrected chi connectivity index (χ0v) is 23.7. The van der Waals surface area contributed by atoms with E-state index < -0.39 is 5.60 Å². The molecule has 0 atom stereocenters. The predicted molar refractivity (Wildman–Crippen MR) is 153 cm³/mol. The molecule has 40 heavy (non-hydrogen) atoms. The van der Waals surface area contributed by atoms with Gasteiger partial charge in [0.2, 0.25) is 0 Å². The van der Waals surface area contributed by atoms with Crippen LogP contribution in [0.3, 0.4) is 0 Å². The highest BCUT2D eigenvalue weighted by molar-refractivity contribution is 6.03. The number of rotatable bonds is 3. The molecular weight excluding hydrogens is 506 g/mol.